The molecule has 58 valence electrons. The van der Waals surface area contributed by atoms with E-state index in [1.165, 1.54) is 0 Å². The average Bonchev–Trinajstić information content (AvgIpc) is 2.04. The van der Waals surface area contributed by atoms with Crippen LogP contribution >= 0.6 is 0 Å². The Morgan fingerprint density at radius 1 is 1.55 bits per heavy atom. The number of rotatable bonds is 2. The van der Waals surface area contributed by atoms with Gasteiger partial charge in [0.2, 0.25) is 0 Å². The van der Waals surface area contributed by atoms with Crippen LogP contribution in [0.2, 0.25) is 0 Å². The maximum absolute atomic E-state index is 10.4. The highest BCUT2D eigenvalue weighted by Crippen LogP contribution is 2.13. The van der Waals surface area contributed by atoms with E-state index in [-0.39, 0.29) is 0 Å². The molecule has 3 heteroatoms. The van der Waals surface area contributed by atoms with Gasteiger partial charge in [-0.25, -0.2) is 0 Å². The van der Waals surface area contributed by atoms with Crippen LogP contribution in [0.1, 0.15) is 15.9 Å². The molecule has 0 atom stereocenters. The van der Waals surface area contributed by atoms with E-state index in [2.05, 4.69) is 5.43 Å². The van der Waals surface area contributed by atoms with Gasteiger partial charge in [-0.2, -0.15) is 0 Å². The Hall–Kier alpha value is -1.35. The molecule has 0 amide bonds. The Kier molecular flexibility index (Phi) is 2.23. The maximum Gasteiger partial charge on any atom is 0.152 e. The van der Waals surface area contributed by atoms with Gasteiger partial charge in [-0.05, 0) is 19.1 Å². The molecule has 0 aromatic heterocycles. The summed E-state index contributed by atoms with van der Waals surface area (Å²) in [6, 6.07) is 5.45. The van der Waals surface area contributed by atoms with Gasteiger partial charge < -0.3 is 5.43 Å². The normalized spacial score (nSPS) is 9.27. The molecular weight excluding hydrogens is 140 g/mol. The summed E-state index contributed by atoms with van der Waals surface area (Å²) in [6.07, 6.45) is 0.780. The van der Waals surface area contributed by atoms with Crippen LogP contribution in [-0.2, 0) is 0 Å². The van der Waals surface area contributed by atoms with Crippen molar-refractivity contribution in [1.29, 1.82) is 0 Å². The molecule has 11 heavy (non-hydrogen) atoms. The highest BCUT2D eigenvalue weighted by molar-refractivity contribution is 5.84. The lowest BCUT2D eigenvalue weighted by Gasteiger charge is -2.03. The fourth-order valence-corrected chi connectivity index (χ4v) is 0.911. The highest BCUT2D eigenvalue weighted by Gasteiger charge is 1.97. The van der Waals surface area contributed by atoms with E-state index >= 15 is 0 Å². The number of nitrogens with one attached hydrogen (secondary N) is 1. The highest BCUT2D eigenvalue weighted by atomic mass is 16.1. The number of nitrogens with two attached hydrogens (primary N) is 1. The first-order chi connectivity index (χ1) is 5.27. The molecule has 0 saturated heterocycles. The van der Waals surface area contributed by atoms with Crippen molar-refractivity contribution >= 4 is 12.0 Å². The lowest BCUT2D eigenvalue weighted by atomic mass is 10.1. The van der Waals surface area contributed by atoms with Crippen molar-refractivity contribution in [3.8, 4) is 0 Å². The van der Waals surface area contributed by atoms with Crippen molar-refractivity contribution in [2.45, 2.75) is 6.92 Å². The first-order valence-corrected chi connectivity index (χ1v) is 3.30. The SMILES string of the molecule is Cc1ccc(NN)c(C=O)c1. The zero-order valence-corrected chi connectivity index (χ0v) is 6.29. The molecule has 0 aliphatic heterocycles. The van der Waals surface area contributed by atoms with Gasteiger partial charge in [0.05, 0.1) is 5.69 Å². The molecule has 1 aromatic rings. The molecule has 0 unspecified atom stereocenters. The van der Waals surface area contributed by atoms with Crippen molar-refractivity contribution in [2.24, 2.45) is 5.84 Å². The van der Waals surface area contributed by atoms with E-state index in [9.17, 15) is 4.79 Å². The minimum absolute atomic E-state index is 0.590. The fourth-order valence-electron chi connectivity index (χ4n) is 0.911. The minimum Gasteiger partial charge on any atom is -0.323 e. The van der Waals surface area contributed by atoms with Gasteiger partial charge in [0.1, 0.15) is 0 Å². The van der Waals surface area contributed by atoms with Crippen LogP contribution in [0.5, 0.6) is 0 Å². The van der Waals surface area contributed by atoms with E-state index in [1.54, 1.807) is 12.1 Å². The van der Waals surface area contributed by atoms with Crippen molar-refractivity contribution in [3.63, 3.8) is 0 Å². The summed E-state index contributed by atoms with van der Waals surface area (Å²) in [7, 11) is 0. The van der Waals surface area contributed by atoms with Crippen LogP contribution in [0.3, 0.4) is 0 Å². The van der Waals surface area contributed by atoms with Crippen LogP contribution in [-0.4, -0.2) is 6.29 Å². The smallest absolute Gasteiger partial charge is 0.152 e. The first kappa shape index (κ1) is 7.75. The van der Waals surface area contributed by atoms with Crippen molar-refractivity contribution in [1.82, 2.24) is 0 Å². The first-order valence-electron chi connectivity index (χ1n) is 3.30. The Morgan fingerprint density at radius 3 is 2.82 bits per heavy atom. The Morgan fingerprint density at radius 2 is 2.27 bits per heavy atom. The third kappa shape index (κ3) is 1.56. The fraction of sp³-hybridized carbons (Fsp3) is 0.125. The number of hydrogen-bond acceptors (Lipinski definition) is 3. The van der Waals surface area contributed by atoms with Gasteiger partial charge >= 0.3 is 0 Å². The predicted molar refractivity (Wildman–Crippen MR) is 44.4 cm³/mol. The molecule has 3 N–H and O–H groups in total. The molecule has 0 aliphatic rings. The number of nitrogen functional groups attached to an aromatic ring is 1. The maximum atomic E-state index is 10.4. The van der Waals surface area contributed by atoms with Crippen molar-refractivity contribution < 1.29 is 4.79 Å². The Bertz CT molecular complexity index is 271. The van der Waals surface area contributed by atoms with Crippen molar-refractivity contribution in [2.75, 3.05) is 5.43 Å². The predicted octanol–water partition coefficient (Wildman–Crippen LogP) is 1.09. The number of anilines is 1. The van der Waals surface area contributed by atoms with Crippen LogP contribution in [0.25, 0.3) is 0 Å². The van der Waals surface area contributed by atoms with Gasteiger partial charge in [0.25, 0.3) is 0 Å². The molecule has 0 fully saturated rings. The number of aldehydes is 1. The number of hydrogen-bond donors (Lipinski definition) is 2. The van der Waals surface area contributed by atoms with Gasteiger partial charge in [-0.1, -0.05) is 11.6 Å². The summed E-state index contributed by atoms with van der Waals surface area (Å²) < 4.78 is 0. The summed E-state index contributed by atoms with van der Waals surface area (Å²) in [6.45, 7) is 1.92. The standard InChI is InChI=1S/C8H10N2O/c1-6-2-3-8(10-9)7(4-6)5-11/h2-5,10H,9H2,1H3. The van der Waals surface area contributed by atoms with Gasteiger partial charge in [0, 0.05) is 5.56 Å². The molecule has 3 nitrogen and oxygen atoms in total. The second-order valence-corrected chi connectivity index (χ2v) is 2.35. The third-order valence-electron chi connectivity index (χ3n) is 1.49. The number of carbonyl (C=O) groups excluding carboxylic acids is 1. The largest absolute Gasteiger partial charge is 0.323 e. The Labute approximate surface area is 65.2 Å². The van der Waals surface area contributed by atoms with Gasteiger partial charge in [0.15, 0.2) is 6.29 Å². The van der Waals surface area contributed by atoms with Crippen LogP contribution < -0.4 is 11.3 Å². The molecule has 0 bridgehead atoms. The quantitative estimate of drug-likeness (QED) is 0.377. The molecule has 0 radical (unpaired) electrons. The van der Waals surface area contributed by atoms with Crippen LogP contribution in [0.4, 0.5) is 5.69 Å². The number of carbonyl (C=O) groups is 1. The summed E-state index contributed by atoms with van der Waals surface area (Å²) >= 11 is 0. The zero-order valence-electron chi connectivity index (χ0n) is 6.29. The lowest BCUT2D eigenvalue weighted by molar-refractivity contribution is 0.112. The molecule has 0 saturated carbocycles. The molecule has 0 aliphatic carbocycles. The monoisotopic (exact) mass is 150 g/mol. The number of hydrazine groups is 1. The van der Waals surface area contributed by atoms with Crippen LogP contribution in [0.15, 0.2) is 18.2 Å². The molecule has 1 aromatic carbocycles. The third-order valence-corrected chi connectivity index (χ3v) is 1.49. The van der Waals surface area contributed by atoms with Gasteiger partial charge in [-0.3, -0.25) is 10.6 Å². The van der Waals surface area contributed by atoms with Crippen molar-refractivity contribution in [3.05, 3.63) is 29.3 Å². The summed E-state index contributed by atoms with van der Waals surface area (Å²) in [5, 5.41) is 0. The topological polar surface area (TPSA) is 55.1 Å². The van der Waals surface area contributed by atoms with E-state index in [0.717, 1.165) is 11.8 Å². The minimum atomic E-state index is 0.590. The summed E-state index contributed by atoms with van der Waals surface area (Å²) in [4.78, 5) is 10.4. The second-order valence-electron chi connectivity index (χ2n) is 2.35. The molecule has 0 heterocycles. The molecular formula is C8H10N2O. The number of benzene rings is 1. The second kappa shape index (κ2) is 3.16. The van der Waals surface area contributed by atoms with Crippen LogP contribution in [0, 0.1) is 6.92 Å². The van der Waals surface area contributed by atoms with Gasteiger partial charge in [-0.15, -0.1) is 0 Å². The molecule has 1 rings (SSSR count). The Balaban J connectivity index is 3.16. The van der Waals surface area contributed by atoms with E-state index in [1.807, 2.05) is 13.0 Å². The number of aryl methyl sites for hydroxylation is 1. The zero-order chi connectivity index (χ0) is 8.27. The lowest BCUT2D eigenvalue weighted by Crippen LogP contribution is -2.08. The average molecular weight is 150 g/mol. The van der Waals surface area contributed by atoms with E-state index in [4.69, 9.17) is 5.84 Å². The van der Waals surface area contributed by atoms with E-state index in [0.29, 0.717) is 11.3 Å². The summed E-state index contributed by atoms with van der Waals surface area (Å²) in [5.74, 6) is 5.17. The summed E-state index contributed by atoms with van der Waals surface area (Å²) in [5.41, 5.74) is 4.74. The molecule has 0 spiro atoms. The van der Waals surface area contributed by atoms with E-state index < -0.39 is 0 Å².